The number of anilines is 1. The summed E-state index contributed by atoms with van der Waals surface area (Å²) in [7, 11) is 0. The van der Waals surface area contributed by atoms with Gasteiger partial charge in [-0.05, 0) is 20.8 Å². The minimum atomic E-state index is -0.301. The number of hydrogen-bond donors (Lipinski definition) is 2. The van der Waals surface area contributed by atoms with E-state index in [4.69, 9.17) is 5.84 Å². The topological polar surface area (TPSA) is 72.9 Å². The van der Waals surface area contributed by atoms with Crippen LogP contribution in [0.3, 0.4) is 0 Å². The van der Waals surface area contributed by atoms with E-state index >= 15 is 0 Å². The molecule has 0 fully saturated rings. The Hall–Kier alpha value is -1.36. The third-order valence-corrected chi connectivity index (χ3v) is 1.60. The molecule has 1 heterocycles. The van der Waals surface area contributed by atoms with Crippen molar-refractivity contribution < 1.29 is 0 Å². The predicted octanol–water partition coefficient (Wildman–Crippen LogP) is 0.284. The molecule has 5 heteroatoms. The van der Waals surface area contributed by atoms with E-state index in [0.717, 1.165) is 0 Å². The van der Waals surface area contributed by atoms with Gasteiger partial charge in [-0.3, -0.25) is 10.6 Å². The van der Waals surface area contributed by atoms with E-state index < -0.39 is 0 Å². The van der Waals surface area contributed by atoms with Crippen LogP contribution in [0.25, 0.3) is 0 Å². The molecule has 0 spiro atoms. The number of nitrogen functional groups attached to an aromatic ring is 1. The normalized spacial score (nSPS) is 11.4. The molecule has 0 aliphatic heterocycles. The number of hydrazine groups is 1. The summed E-state index contributed by atoms with van der Waals surface area (Å²) < 4.78 is 1.41. The zero-order valence-electron chi connectivity index (χ0n) is 8.03. The number of nitrogens with one attached hydrogen (secondary N) is 1. The Morgan fingerprint density at radius 2 is 2.15 bits per heavy atom. The third-order valence-electron chi connectivity index (χ3n) is 1.60. The van der Waals surface area contributed by atoms with Crippen LogP contribution < -0.4 is 16.8 Å². The molecule has 5 nitrogen and oxygen atoms in total. The van der Waals surface area contributed by atoms with Crippen LogP contribution in [0, 0.1) is 0 Å². The van der Waals surface area contributed by atoms with Crippen molar-refractivity contribution in [3.8, 4) is 0 Å². The van der Waals surface area contributed by atoms with Crippen molar-refractivity contribution in [2.75, 3.05) is 5.43 Å². The predicted molar refractivity (Wildman–Crippen MR) is 51.3 cm³/mol. The molecule has 0 aliphatic carbocycles. The summed E-state index contributed by atoms with van der Waals surface area (Å²) in [5.74, 6) is 5.14. The first-order valence-corrected chi connectivity index (χ1v) is 4.01. The van der Waals surface area contributed by atoms with Crippen LogP contribution in [0.4, 0.5) is 5.69 Å². The highest BCUT2D eigenvalue weighted by atomic mass is 16.1. The fraction of sp³-hybridized carbons (Fsp3) is 0.500. The Morgan fingerprint density at radius 3 is 2.54 bits per heavy atom. The molecule has 0 amide bonds. The van der Waals surface area contributed by atoms with Crippen molar-refractivity contribution in [3.63, 3.8) is 0 Å². The minimum Gasteiger partial charge on any atom is -0.322 e. The van der Waals surface area contributed by atoms with Crippen LogP contribution in [-0.4, -0.2) is 9.78 Å². The van der Waals surface area contributed by atoms with Gasteiger partial charge in [-0.15, -0.1) is 0 Å². The largest absolute Gasteiger partial charge is 0.322 e. The number of nitrogens with two attached hydrogens (primary N) is 1. The van der Waals surface area contributed by atoms with Gasteiger partial charge >= 0.3 is 0 Å². The van der Waals surface area contributed by atoms with E-state index in [1.807, 2.05) is 20.8 Å². The summed E-state index contributed by atoms with van der Waals surface area (Å²) in [6.07, 6.45) is 1.52. The summed E-state index contributed by atoms with van der Waals surface area (Å²) in [5.41, 5.74) is 2.42. The molecule has 1 rings (SSSR count). The van der Waals surface area contributed by atoms with Gasteiger partial charge < -0.3 is 5.43 Å². The lowest BCUT2D eigenvalue weighted by Crippen LogP contribution is -2.35. The summed E-state index contributed by atoms with van der Waals surface area (Å²) in [6.45, 7) is 5.74. The van der Waals surface area contributed by atoms with Gasteiger partial charge in [0.15, 0.2) is 0 Å². The van der Waals surface area contributed by atoms with Gasteiger partial charge in [0.05, 0.1) is 17.4 Å². The van der Waals surface area contributed by atoms with E-state index in [1.54, 1.807) is 0 Å². The summed E-state index contributed by atoms with van der Waals surface area (Å²) in [6, 6.07) is 1.41. The van der Waals surface area contributed by atoms with Crippen molar-refractivity contribution in [2.24, 2.45) is 5.84 Å². The fourth-order valence-corrected chi connectivity index (χ4v) is 0.991. The second-order valence-electron chi connectivity index (χ2n) is 3.81. The molecule has 0 aliphatic rings. The maximum atomic E-state index is 11.5. The zero-order valence-corrected chi connectivity index (χ0v) is 8.03. The Morgan fingerprint density at radius 1 is 1.54 bits per heavy atom. The smallest absolute Gasteiger partial charge is 0.269 e. The highest BCUT2D eigenvalue weighted by Gasteiger charge is 2.15. The van der Waals surface area contributed by atoms with E-state index in [2.05, 4.69) is 10.5 Å². The molecule has 0 unspecified atom stereocenters. The van der Waals surface area contributed by atoms with Crippen molar-refractivity contribution in [1.82, 2.24) is 9.78 Å². The first-order valence-electron chi connectivity index (χ1n) is 4.01. The van der Waals surface area contributed by atoms with Crippen LogP contribution in [0.1, 0.15) is 20.8 Å². The SMILES string of the molecule is CC(C)(C)n1ncc(NN)cc1=O. The van der Waals surface area contributed by atoms with Crippen LogP contribution in [0.15, 0.2) is 17.1 Å². The Labute approximate surface area is 76.5 Å². The third kappa shape index (κ3) is 2.06. The van der Waals surface area contributed by atoms with Gasteiger partial charge in [-0.2, -0.15) is 5.10 Å². The Bertz CT molecular complexity index is 350. The molecule has 1 aromatic heterocycles. The minimum absolute atomic E-state index is 0.164. The van der Waals surface area contributed by atoms with Crippen molar-refractivity contribution in [3.05, 3.63) is 22.6 Å². The number of nitrogens with zero attached hydrogens (tertiary/aromatic N) is 2. The maximum absolute atomic E-state index is 11.5. The molecular formula is C8H14N4O. The average molecular weight is 182 g/mol. The molecule has 0 saturated carbocycles. The highest BCUT2D eigenvalue weighted by Crippen LogP contribution is 2.08. The zero-order chi connectivity index (χ0) is 10.1. The van der Waals surface area contributed by atoms with Gasteiger partial charge in [0.2, 0.25) is 0 Å². The monoisotopic (exact) mass is 182 g/mol. The molecular weight excluding hydrogens is 168 g/mol. The van der Waals surface area contributed by atoms with Gasteiger partial charge in [-0.1, -0.05) is 0 Å². The molecule has 72 valence electrons. The maximum Gasteiger partial charge on any atom is 0.269 e. The van der Waals surface area contributed by atoms with Crippen LogP contribution in [-0.2, 0) is 5.54 Å². The Balaban J connectivity index is 3.21. The lowest BCUT2D eigenvalue weighted by atomic mass is 10.1. The molecule has 1 aromatic rings. The second kappa shape index (κ2) is 3.18. The first-order chi connectivity index (χ1) is 5.95. The van der Waals surface area contributed by atoms with E-state index in [1.165, 1.54) is 16.9 Å². The lowest BCUT2D eigenvalue weighted by molar-refractivity contribution is 0.338. The van der Waals surface area contributed by atoms with Crippen molar-refractivity contribution >= 4 is 5.69 Å². The van der Waals surface area contributed by atoms with Crippen molar-refractivity contribution in [1.29, 1.82) is 0 Å². The molecule has 0 aromatic carbocycles. The standard InChI is InChI=1S/C8H14N4O/c1-8(2,3)12-7(13)4-6(11-9)5-10-12/h4-5,11H,9H2,1-3H3. The summed E-state index contributed by atoms with van der Waals surface area (Å²) in [4.78, 5) is 11.5. The average Bonchev–Trinajstić information content (AvgIpc) is 2.01. The quantitative estimate of drug-likeness (QED) is 0.483. The second-order valence-corrected chi connectivity index (χ2v) is 3.81. The van der Waals surface area contributed by atoms with Gasteiger partial charge in [0.25, 0.3) is 5.56 Å². The summed E-state index contributed by atoms with van der Waals surface area (Å²) in [5, 5.41) is 3.98. The molecule has 0 bridgehead atoms. The molecule has 0 radical (unpaired) electrons. The van der Waals surface area contributed by atoms with E-state index in [-0.39, 0.29) is 11.1 Å². The number of hydrogen-bond acceptors (Lipinski definition) is 4. The first kappa shape index (κ1) is 9.73. The van der Waals surface area contributed by atoms with Crippen LogP contribution in [0.2, 0.25) is 0 Å². The molecule has 13 heavy (non-hydrogen) atoms. The van der Waals surface area contributed by atoms with Gasteiger partial charge in [0, 0.05) is 6.07 Å². The highest BCUT2D eigenvalue weighted by molar-refractivity contribution is 5.36. The van der Waals surface area contributed by atoms with Gasteiger partial charge in [0.1, 0.15) is 0 Å². The molecule has 0 saturated heterocycles. The van der Waals surface area contributed by atoms with E-state index in [0.29, 0.717) is 5.69 Å². The molecule has 0 atom stereocenters. The molecule has 3 N–H and O–H groups in total. The van der Waals surface area contributed by atoms with E-state index in [9.17, 15) is 4.79 Å². The fourth-order valence-electron chi connectivity index (χ4n) is 0.991. The Kier molecular flexibility index (Phi) is 2.38. The van der Waals surface area contributed by atoms with Crippen molar-refractivity contribution in [2.45, 2.75) is 26.3 Å². The number of rotatable bonds is 1. The lowest BCUT2D eigenvalue weighted by Gasteiger charge is -2.20. The van der Waals surface area contributed by atoms with Gasteiger partial charge in [-0.25, -0.2) is 4.68 Å². The van der Waals surface area contributed by atoms with Crippen LogP contribution >= 0.6 is 0 Å². The summed E-state index contributed by atoms with van der Waals surface area (Å²) >= 11 is 0. The van der Waals surface area contributed by atoms with Crippen LogP contribution in [0.5, 0.6) is 0 Å². The number of aromatic nitrogens is 2.